The van der Waals surface area contributed by atoms with Crippen molar-refractivity contribution in [3.8, 4) is 0 Å². The lowest BCUT2D eigenvalue weighted by Gasteiger charge is -2.28. The van der Waals surface area contributed by atoms with Gasteiger partial charge < -0.3 is 10.4 Å². The Labute approximate surface area is 110 Å². The smallest absolute Gasteiger partial charge is 0.0679 e. The topological polar surface area (TPSA) is 35.5 Å². The zero-order chi connectivity index (χ0) is 9.54. The maximum atomic E-state index is 9.54. The first kappa shape index (κ1) is 14.5. The quantitative estimate of drug-likeness (QED) is 0.742. The van der Waals surface area contributed by atoms with Crippen molar-refractivity contribution in [3.63, 3.8) is 0 Å². The molecule has 1 saturated carbocycles. The van der Waals surface area contributed by atoms with Crippen molar-refractivity contribution in [1.82, 2.24) is 10.2 Å². The molecule has 2 saturated heterocycles. The Hall–Kier alpha value is 0.460. The van der Waals surface area contributed by atoms with Gasteiger partial charge >= 0.3 is 0 Å². The molecule has 0 amide bonds. The Morgan fingerprint density at radius 2 is 1.88 bits per heavy atom. The molecule has 0 spiro atoms. The molecular weight excluding hydrogens is 247 g/mol. The van der Waals surface area contributed by atoms with Gasteiger partial charge in [0, 0.05) is 19.1 Å². The number of aliphatic hydroxyl groups excluding tert-OH is 1. The number of hydrogen-bond acceptors (Lipinski definition) is 3. The van der Waals surface area contributed by atoms with Crippen molar-refractivity contribution in [2.75, 3.05) is 26.2 Å². The molecule has 2 aliphatic heterocycles. The summed E-state index contributed by atoms with van der Waals surface area (Å²) in [5.41, 5.74) is 0. The van der Waals surface area contributed by atoms with Gasteiger partial charge in [0.2, 0.25) is 0 Å². The van der Waals surface area contributed by atoms with Gasteiger partial charge in [-0.2, -0.15) is 0 Å². The molecule has 16 heavy (non-hydrogen) atoms. The summed E-state index contributed by atoms with van der Waals surface area (Å²) in [6.07, 6.45) is 3.70. The van der Waals surface area contributed by atoms with Crippen LogP contribution in [0, 0.1) is 11.8 Å². The number of halogens is 2. The SMILES string of the molecule is Cl.Cl.OC1CCN(C2CCC3CNCC32)C1. The van der Waals surface area contributed by atoms with E-state index in [1.165, 1.54) is 25.9 Å². The standard InChI is InChI=1S/C11H20N2O.2ClH/c14-9-3-4-13(7-9)11-2-1-8-5-12-6-10(8)11;;/h8-12,14H,1-7H2;2*1H. The van der Waals surface area contributed by atoms with Crippen LogP contribution in [0.3, 0.4) is 0 Å². The molecule has 3 rings (SSSR count). The second-order valence-electron chi connectivity index (χ2n) is 5.16. The van der Waals surface area contributed by atoms with Crippen LogP contribution in [0.4, 0.5) is 0 Å². The van der Waals surface area contributed by atoms with Crippen LogP contribution in [-0.4, -0.2) is 48.3 Å². The maximum absolute atomic E-state index is 9.54. The average Bonchev–Trinajstić information content (AvgIpc) is 2.77. The lowest BCUT2D eigenvalue weighted by atomic mass is 9.97. The van der Waals surface area contributed by atoms with Crippen LogP contribution >= 0.6 is 24.8 Å². The predicted molar refractivity (Wildman–Crippen MR) is 69.6 cm³/mol. The molecule has 5 heteroatoms. The van der Waals surface area contributed by atoms with E-state index in [1.54, 1.807) is 0 Å². The Balaban J connectivity index is 0.000000640. The minimum absolute atomic E-state index is 0. The van der Waals surface area contributed by atoms with Gasteiger partial charge in [-0.15, -0.1) is 24.8 Å². The fraction of sp³-hybridized carbons (Fsp3) is 1.00. The second-order valence-corrected chi connectivity index (χ2v) is 5.16. The van der Waals surface area contributed by atoms with E-state index < -0.39 is 0 Å². The van der Waals surface area contributed by atoms with E-state index in [-0.39, 0.29) is 30.9 Å². The molecule has 3 fully saturated rings. The lowest BCUT2D eigenvalue weighted by molar-refractivity contribution is 0.143. The Bertz CT molecular complexity index is 230. The summed E-state index contributed by atoms with van der Waals surface area (Å²) in [6.45, 7) is 4.49. The number of nitrogens with zero attached hydrogens (tertiary/aromatic N) is 1. The Kier molecular flexibility index (Phi) is 5.33. The largest absolute Gasteiger partial charge is 0.392 e. The minimum atomic E-state index is -0.0524. The molecule has 96 valence electrons. The van der Waals surface area contributed by atoms with Crippen LogP contribution in [0.15, 0.2) is 0 Å². The highest BCUT2D eigenvalue weighted by Gasteiger charge is 2.43. The van der Waals surface area contributed by atoms with Gasteiger partial charge in [-0.1, -0.05) is 0 Å². The molecule has 4 unspecified atom stereocenters. The van der Waals surface area contributed by atoms with Gasteiger partial charge in [0.25, 0.3) is 0 Å². The van der Waals surface area contributed by atoms with E-state index in [2.05, 4.69) is 10.2 Å². The summed E-state index contributed by atoms with van der Waals surface area (Å²) < 4.78 is 0. The summed E-state index contributed by atoms with van der Waals surface area (Å²) in [5, 5.41) is 13.0. The third-order valence-electron chi connectivity index (χ3n) is 4.38. The van der Waals surface area contributed by atoms with Crippen LogP contribution in [-0.2, 0) is 0 Å². The van der Waals surface area contributed by atoms with Gasteiger partial charge in [0.15, 0.2) is 0 Å². The molecule has 4 atom stereocenters. The molecule has 2 heterocycles. The summed E-state index contributed by atoms with van der Waals surface area (Å²) in [5.74, 6) is 1.80. The van der Waals surface area contributed by atoms with Crippen LogP contribution in [0.2, 0.25) is 0 Å². The first-order valence-corrected chi connectivity index (χ1v) is 5.97. The third-order valence-corrected chi connectivity index (χ3v) is 4.38. The molecule has 3 aliphatic rings. The minimum Gasteiger partial charge on any atom is -0.392 e. The zero-order valence-corrected chi connectivity index (χ0v) is 11.1. The number of likely N-dealkylation sites (tertiary alicyclic amines) is 1. The second kappa shape index (κ2) is 5.87. The van der Waals surface area contributed by atoms with Crippen LogP contribution in [0.5, 0.6) is 0 Å². The summed E-state index contributed by atoms with van der Waals surface area (Å²) in [4.78, 5) is 2.53. The number of β-amino-alcohol motifs (C(OH)–C–C–N with tert-alkyl or cyclic N) is 1. The normalized spacial score (nSPS) is 42.6. The number of nitrogens with one attached hydrogen (secondary N) is 1. The molecule has 0 aromatic carbocycles. The molecule has 0 aromatic rings. The first-order valence-electron chi connectivity index (χ1n) is 5.97. The van der Waals surface area contributed by atoms with Crippen molar-refractivity contribution < 1.29 is 5.11 Å². The molecule has 3 nitrogen and oxygen atoms in total. The Morgan fingerprint density at radius 3 is 2.56 bits per heavy atom. The fourth-order valence-electron chi connectivity index (χ4n) is 3.64. The molecule has 0 bridgehead atoms. The van der Waals surface area contributed by atoms with Crippen molar-refractivity contribution >= 4 is 24.8 Å². The van der Waals surface area contributed by atoms with Gasteiger partial charge in [-0.3, -0.25) is 4.90 Å². The van der Waals surface area contributed by atoms with E-state index in [0.717, 1.165) is 37.4 Å². The van der Waals surface area contributed by atoms with Crippen molar-refractivity contribution in [3.05, 3.63) is 0 Å². The third kappa shape index (κ3) is 2.49. The van der Waals surface area contributed by atoms with Crippen molar-refractivity contribution in [2.45, 2.75) is 31.4 Å². The molecule has 0 aromatic heterocycles. The summed E-state index contributed by atoms with van der Waals surface area (Å²) in [6, 6.07) is 0.771. The highest BCUT2D eigenvalue weighted by molar-refractivity contribution is 5.85. The molecule has 2 N–H and O–H groups in total. The number of fused-ring (bicyclic) bond motifs is 1. The van der Waals surface area contributed by atoms with Crippen molar-refractivity contribution in [1.29, 1.82) is 0 Å². The zero-order valence-electron chi connectivity index (χ0n) is 9.47. The molecular formula is C11H22Cl2N2O. The first-order chi connectivity index (χ1) is 6.84. The number of rotatable bonds is 1. The summed E-state index contributed by atoms with van der Waals surface area (Å²) >= 11 is 0. The predicted octanol–water partition coefficient (Wildman–Crippen LogP) is 0.895. The van der Waals surface area contributed by atoms with Gasteiger partial charge in [-0.05, 0) is 44.2 Å². The monoisotopic (exact) mass is 268 g/mol. The average molecular weight is 269 g/mol. The summed E-state index contributed by atoms with van der Waals surface area (Å²) in [7, 11) is 0. The van der Waals surface area contributed by atoms with Crippen molar-refractivity contribution in [2.24, 2.45) is 11.8 Å². The van der Waals surface area contributed by atoms with E-state index in [0.29, 0.717) is 0 Å². The van der Waals surface area contributed by atoms with E-state index in [1.807, 2.05) is 0 Å². The fourth-order valence-corrected chi connectivity index (χ4v) is 3.64. The lowest BCUT2D eigenvalue weighted by Crippen LogP contribution is -2.38. The van der Waals surface area contributed by atoms with Crippen LogP contribution in [0.1, 0.15) is 19.3 Å². The van der Waals surface area contributed by atoms with Crippen LogP contribution in [0.25, 0.3) is 0 Å². The van der Waals surface area contributed by atoms with Gasteiger partial charge in [-0.25, -0.2) is 0 Å². The van der Waals surface area contributed by atoms with Gasteiger partial charge in [0.1, 0.15) is 0 Å². The molecule has 0 radical (unpaired) electrons. The maximum Gasteiger partial charge on any atom is 0.0679 e. The van der Waals surface area contributed by atoms with E-state index >= 15 is 0 Å². The van der Waals surface area contributed by atoms with Gasteiger partial charge in [0.05, 0.1) is 6.10 Å². The van der Waals surface area contributed by atoms with Crippen LogP contribution < -0.4 is 5.32 Å². The Morgan fingerprint density at radius 1 is 1.06 bits per heavy atom. The van der Waals surface area contributed by atoms with E-state index in [4.69, 9.17) is 0 Å². The van der Waals surface area contributed by atoms with E-state index in [9.17, 15) is 5.11 Å². The number of hydrogen-bond donors (Lipinski definition) is 2. The molecule has 1 aliphatic carbocycles. The highest BCUT2D eigenvalue weighted by atomic mass is 35.5. The number of aliphatic hydroxyl groups is 1. The highest BCUT2D eigenvalue weighted by Crippen LogP contribution is 2.38.